The molecule has 1 saturated heterocycles. The molecule has 4 rings (SSSR count). The van der Waals surface area contributed by atoms with Crippen molar-refractivity contribution in [2.24, 2.45) is 0 Å². The number of rotatable bonds is 6. The normalized spacial score (nSPS) is 22.7. The van der Waals surface area contributed by atoms with E-state index in [2.05, 4.69) is 12.2 Å². The summed E-state index contributed by atoms with van der Waals surface area (Å²) in [5.41, 5.74) is 0.0398. The molecule has 4 amide bonds. The maximum Gasteiger partial charge on any atom is 0.325 e. The summed E-state index contributed by atoms with van der Waals surface area (Å²) >= 11 is 1.72. The maximum absolute atomic E-state index is 13.6. The van der Waals surface area contributed by atoms with Crippen LogP contribution in [0.5, 0.6) is 0 Å². The molecule has 2 unspecified atom stereocenters. The van der Waals surface area contributed by atoms with E-state index in [0.717, 1.165) is 28.3 Å². The minimum atomic E-state index is -1.29. The Labute approximate surface area is 197 Å². The quantitative estimate of drug-likeness (QED) is 0.624. The van der Waals surface area contributed by atoms with E-state index < -0.39 is 23.3 Å². The predicted molar refractivity (Wildman–Crippen MR) is 127 cm³/mol. The van der Waals surface area contributed by atoms with Crippen molar-refractivity contribution < 1.29 is 18.8 Å². The fourth-order valence-corrected chi connectivity index (χ4v) is 5.53. The first kappa shape index (κ1) is 23.3. The lowest BCUT2D eigenvalue weighted by molar-refractivity contribution is -0.135. The lowest BCUT2D eigenvalue weighted by atomic mass is 9.85. The molecule has 33 heavy (non-hydrogen) atoms. The van der Waals surface area contributed by atoms with Crippen LogP contribution in [-0.2, 0) is 15.1 Å². The van der Waals surface area contributed by atoms with E-state index >= 15 is 0 Å². The Balaban J connectivity index is 1.61. The van der Waals surface area contributed by atoms with Crippen LogP contribution < -0.4 is 10.2 Å². The molecule has 2 aliphatic rings. The van der Waals surface area contributed by atoms with Crippen LogP contribution in [0.3, 0.4) is 0 Å². The highest BCUT2D eigenvalue weighted by Gasteiger charge is 2.52. The van der Waals surface area contributed by atoms with Crippen molar-refractivity contribution in [1.82, 2.24) is 10.2 Å². The van der Waals surface area contributed by atoms with Crippen molar-refractivity contribution in [2.75, 3.05) is 18.0 Å². The van der Waals surface area contributed by atoms with Gasteiger partial charge in [0.25, 0.3) is 5.91 Å². The Bertz CT molecular complexity index is 1060. The Morgan fingerprint density at radius 2 is 1.91 bits per heavy atom. The molecule has 1 N–H and O–H groups in total. The van der Waals surface area contributed by atoms with Gasteiger partial charge >= 0.3 is 6.03 Å². The summed E-state index contributed by atoms with van der Waals surface area (Å²) in [6.45, 7) is 4.30. The van der Waals surface area contributed by atoms with Crippen LogP contribution in [0, 0.1) is 5.82 Å². The molecule has 6 nitrogen and oxygen atoms in total. The van der Waals surface area contributed by atoms with Gasteiger partial charge < -0.3 is 10.2 Å². The number of imide groups is 1. The highest BCUT2D eigenvalue weighted by Crippen LogP contribution is 2.38. The van der Waals surface area contributed by atoms with Crippen LogP contribution in [0.4, 0.5) is 14.9 Å². The molecule has 2 aliphatic heterocycles. The molecule has 2 atom stereocenters. The minimum Gasteiger partial charge on any atom is -0.319 e. The molecular weight excluding hydrogens is 441 g/mol. The number of para-hydroxylation sites is 1. The maximum atomic E-state index is 13.6. The number of fused-ring (bicyclic) bond motifs is 1. The number of amides is 4. The standard InChI is InChI=1S/C25H28FN3O3S/c1-3-4-14-25(18-9-11-19(26)12-10-18)23(31)29(24(32)27-25)16-22(30)28-15-13-17(2)33-21-8-6-5-7-20(21)28/h5-12,17H,3-4,13-16H2,1-2H3,(H,27,32). The average molecular weight is 470 g/mol. The number of hydrogen-bond donors (Lipinski definition) is 1. The SMILES string of the molecule is CCCCC1(c2ccc(F)cc2)NC(=O)N(CC(=O)N2CCC(C)Sc3ccccc32)C1=O. The largest absolute Gasteiger partial charge is 0.325 e. The van der Waals surface area contributed by atoms with Gasteiger partial charge in [-0.3, -0.25) is 14.5 Å². The number of unbranched alkanes of at least 4 members (excludes halogenated alkanes) is 1. The van der Waals surface area contributed by atoms with E-state index in [4.69, 9.17) is 0 Å². The fourth-order valence-electron chi connectivity index (χ4n) is 4.42. The highest BCUT2D eigenvalue weighted by atomic mass is 32.2. The third kappa shape index (κ3) is 4.49. The van der Waals surface area contributed by atoms with Gasteiger partial charge in [-0.25, -0.2) is 9.18 Å². The third-order valence-electron chi connectivity index (χ3n) is 6.26. The molecule has 174 valence electrons. The van der Waals surface area contributed by atoms with Crippen LogP contribution >= 0.6 is 11.8 Å². The fraction of sp³-hybridized carbons (Fsp3) is 0.400. The van der Waals surface area contributed by atoms with Gasteiger partial charge in [0.2, 0.25) is 5.91 Å². The molecule has 0 saturated carbocycles. The molecule has 0 aliphatic carbocycles. The van der Waals surface area contributed by atoms with E-state index in [0.29, 0.717) is 30.2 Å². The number of nitrogens with zero attached hydrogens (tertiary/aromatic N) is 2. The molecule has 0 radical (unpaired) electrons. The Kier molecular flexibility index (Phi) is 6.74. The molecule has 2 heterocycles. The monoisotopic (exact) mass is 469 g/mol. The molecule has 2 aromatic rings. The number of urea groups is 1. The Hall–Kier alpha value is -2.87. The Morgan fingerprint density at radius 3 is 2.64 bits per heavy atom. The first-order valence-electron chi connectivity index (χ1n) is 11.3. The predicted octanol–water partition coefficient (Wildman–Crippen LogP) is 4.68. The number of benzene rings is 2. The number of nitrogens with one attached hydrogen (secondary N) is 1. The first-order chi connectivity index (χ1) is 15.9. The summed E-state index contributed by atoms with van der Waals surface area (Å²) in [6.07, 6.45) is 2.71. The second-order valence-corrected chi connectivity index (χ2v) is 10.0. The number of carbonyl (C=O) groups excluding carboxylic acids is 3. The summed E-state index contributed by atoms with van der Waals surface area (Å²) in [5, 5.41) is 3.17. The van der Waals surface area contributed by atoms with Crippen molar-refractivity contribution in [3.63, 3.8) is 0 Å². The van der Waals surface area contributed by atoms with Gasteiger partial charge in [-0.1, -0.05) is 51.0 Å². The summed E-state index contributed by atoms with van der Waals surface area (Å²) in [4.78, 5) is 43.6. The lowest BCUT2D eigenvalue weighted by Crippen LogP contribution is -2.46. The van der Waals surface area contributed by atoms with Gasteiger partial charge in [0, 0.05) is 16.7 Å². The minimum absolute atomic E-state index is 0.300. The molecule has 2 aromatic carbocycles. The van der Waals surface area contributed by atoms with Crippen molar-refractivity contribution in [3.8, 4) is 0 Å². The van der Waals surface area contributed by atoms with E-state index in [1.165, 1.54) is 24.3 Å². The number of anilines is 1. The van der Waals surface area contributed by atoms with Gasteiger partial charge in [0.15, 0.2) is 0 Å². The van der Waals surface area contributed by atoms with Gasteiger partial charge in [0.05, 0.1) is 5.69 Å². The van der Waals surface area contributed by atoms with Crippen molar-refractivity contribution >= 4 is 35.3 Å². The van der Waals surface area contributed by atoms with Gasteiger partial charge in [-0.15, -0.1) is 11.8 Å². The van der Waals surface area contributed by atoms with Crippen LogP contribution in [0.1, 0.15) is 45.1 Å². The molecule has 0 spiro atoms. The van der Waals surface area contributed by atoms with Crippen molar-refractivity contribution in [2.45, 2.75) is 55.2 Å². The number of carbonyl (C=O) groups is 3. The smallest absolute Gasteiger partial charge is 0.319 e. The summed E-state index contributed by atoms with van der Waals surface area (Å²) in [5.74, 6) is -1.18. The van der Waals surface area contributed by atoms with Crippen LogP contribution in [0.25, 0.3) is 0 Å². The summed E-state index contributed by atoms with van der Waals surface area (Å²) in [7, 11) is 0. The summed E-state index contributed by atoms with van der Waals surface area (Å²) < 4.78 is 13.5. The van der Waals surface area contributed by atoms with E-state index in [9.17, 15) is 18.8 Å². The molecular formula is C25H28FN3O3S. The highest BCUT2D eigenvalue weighted by molar-refractivity contribution is 8.00. The first-order valence-corrected chi connectivity index (χ1v) is 12.2. The summed E-state index contributed by atoms with van der Waals surface area (Å²) in [6, 6.07) is 12.7. The molecule has 0 bridgehead atoms. The van der Waals surface area contributed by atoms with Gasteiger partial charge in [0.1, 0.15) is 17.9 Å². The zero-order valence-corrected chi connectivity index (χ0v) is 19.7. The van der Waals surface area contributed by atoms with E-state index in [1.807, 2.05) is 31.2 Å². The van der Waals surface area contributed by atoms with Crippen LogP contribution in [0.2, 0.25) is 0 Å². The third-order valence-corrected chi connectivity index (χ3v) is 7.49. The zero-order chi connectivity index (χ0) is 23.6. The average Bonchev–Trinajstić information content (AvgIpc) is 2.94. The molecule has 0 aromatic heterocycles. The number of hydrogen-bond acceptors (Lipinski definition) is 4. The van der Waals surface area contributed by atoms with Crippen LogP contribution in [0.15, 0.2) is 53.4 Å². The second kappa shape index (κ2) is 9.55. The van der Waals surface area contributed by atoms with Gasteiger partial charge in [-0.2, -0.15) is 0 Å². The number of halogens is 1. The molecule has 8 heteroatoms. The topological polar surface area (TPSA) is 69.7 Å². The van der Waals surface area contributed by atoms with E-state index in [1.54, 1.807) is 16.7 Å². The Morgan fingerprint density at radius 1 is 1.18 bits per heavy atom. The van der Waals surface area contributed by atoms with Gasteiger partial charge in [-0.05, 0) is 42.7 Å². The number of thioether (sulfide) groups is 1. The zero-order valence-electron chi connectivity index (χ0n) is 18.8. The van der Waals surface area contributed by atoms with Crippen LogP contribution in [-0.4, -0.2) is 41.1 Å². The second-order valence-electron chi connectivity index (χ2n) is 8.57. The van der Waals surface area contributed by atoms with E-state index in [-0.39, 0.29) is 12.5 Å². The van der Waals surface area contributed by atoms with Crippen molar-refractivity contribution in [3.05, 3.63) is 59.9 Å². The molecule has 1 fully saturated rings. The lowest BCUT2D eigenvalue weighted by Gasteiger charge is -2.28. The van der Waals surface area contributed by atoms with Crippen molar-refractivity contribution in [1.29, 1.82) is 0 Å².